The smallest absolute Gasteiger partial charge is 0.246 e. The van der Waals surface area contributed by atoms with Gasteiger partial charge in [0.2, 0.25) is 10.5 Å². The van der Waals surface area contributed by atoms with Crippen molar-refractivity contribution in [2.24, 2.45) is 0 Å². The van der Waals surface area contributed by atoms with Crippen molar-refractivity contribution >= 4 is 10.5 Å². The normalized spacial score (nSPS) is 11.9. The Kier molecular flexibility index (Phi) is 4.15. The summed E-state index contributed by atoms with van der Waals surface area (Å²) in [6.07, 6.45) is 0.763. The molecule has 87 valence electrons. The van der Waals surface area contributed by atoms with E-state index in [2.05, 4.69) is 10.5 Å². The molecule has 5 heteroatoms. The molecular weight excluding hydrogens is 233 g/mol. The summed E-state index contributed by atoms with van der Waals surface area (Å²) in [5.41, 5.74) is -0.343. The van der Waals surface area contributed by atoms with Crippen molar-refractivity contribution in [2.45, 2.75) is 32.3 Å². The molecule has 0 fully saturated rings. The predicted molar refractivity (Wildman–Crippen MR) is 55.6 cm³/mol. The SMILES string of the molecule is CC(C)(CCc1cc(F)c(F)cc1F)O[Si]. The fourth-order valence-corrected chi connectivity index (χ4v) is 1.34. The second-order valence-corrected chi connectivity index (χ2v) is 4.42. The van der Waals surface area contributed by atoms with Crippen molar-refractivity contribution < 1.29 is 17.6 Å². The van der Waals surface area contributed by atoms with E-state index >= 15 is 0 Å². The highest BCUT2D eigenvalue weighted by Gasteiger charge is 2.18. The monoisotopic (exact) mass is 245 g/mol. The first-order valence-electron chi connectivity index (χ1n) is 4.84. The van der Waals surface area contributed by atoms with Crippen LogP contribution in [0.25, 0.3) is 0 Å². The fourth-order valence-electron chi connectivity index (χ4n) is 1.24. The predicted octanol–water partition coefficient (Wildman–Crippen LogP) is 2.92. The number of aryl methyl sites for hydroxylation is 1. The first-order valence-corrected chi connectivity index (χ1v) is 5.25. The standard InChI is InChI=1S/C11H12F3OSi/c1-11(2,15-16)4-3-7-5-9(13)10(14)6-8(7)12/h5-6H,3-4H2,1-2H3. The van der Waals surface area contributed by atoms with Gasteiger partial charge in [0.05, 0.1) is 5.60 Å². The third-order valence-electron chi connectivity index (χ3n) is 2.36. The maximum atomic E-state index is 13.2. The van der Waals surface area contributed by atoms with Gasteiger partial charge in [-0.2, -0.15) is 0 Å². The molecule has 0 aliphatic rings. The first kappa shape index (κ1) is 13.3. The van der Waals surface area contributed by atoms with E-state index in [0.29, 0.717) is 12.5 Å². The molecule has 1 aromatic carbocycles. The van der Waals surface area contributed by atoms with Gasteiger partial charge in [0, 0.05) is 6.07 Å². The van der Waals surface area contributed by atoms with Crippen LogP contribution in [-0.4, -0.2) is 16.1 Å². The Labute approximate surface area is 96.2 Å². The van der Waals surface area contributed by atoms with E-state index in [0.717, 1.165) is 6.07 Å². The molecule has 0 saturated heterocycles. The van der Waals surface area contributed by atoms with Crippen molar-refractivity contribution in [1.29, 1.82) is 0 Å². The second-order valence-electron chi connectivity index (χ2n) is 4.22. The van der Waals surface area contributed by atoms with Crippen LogP contribution in [0.5, 0.6) is 0 Å². The lowest BCUT2D eigenvalue weighted by Crippen LogP contribution is -2.24. The molecule has 0 heterocycles. The third kappa shape index (κ3) is 3.35. The number of benzene rings is 1. The summed E-state index contributed by atoms with van der Waals surface area (Å²) in [7, 11) is 2.91. The molecule has 0 aliphatic carbocycles. The van der Waals surface area contributed by atoms with Crippen molar-refractivity contribution in [2.75, 3.05) is 0 Å². The van der Waals surface area contributed by atoms with Gasteiger partial charge in [-0.15, -0.1) is 0 Å². The van der Waals surface area contributed by atoms with E-state index in [1.165, 1.54) is 0 Å². The van der Waals surface area contributed by atoms with Crippen molar-refractivity contribution in [1.82, 2.24) is 0 Å². The van der Waals surface area contributed by atoms with Gasteiger partial charge >= 0.3 is 0 Å². The zero-order valence-electron chi connectivity index (χ0n) is 9.11. The highest BCUT2D eigenvalue weighted by molar-refractivity contribution is 5.98. The Bertz CT molecular complexity index is 380. The highest BCUT2D eigenvalue weighted by Crippen LogP contribution is 2.20. The molecule has 0 aliphatic heterocycles. The van der Waals surface area contributed by atoms with Gasteiger partial charge < -0.3 is 4.43 Å². The average Bonchev–Trinajstić information content (AvgIpc) is 2.22. The van der Waals surface area contributed by atoms with Gasteiger partial charge in [-0.1, -0.05) is 0 Å². The maximum absolute atomic E-state index is 13.2. The van der Waals surface area contributed by atoms with Gasteiger partial charge in [0.1, 0.15) is 5.82 Å². The molecule has 1 aromatic rings. The van der Waals surface area contributed by atoms with Crippen LogP contribution < -0.4 is 0 Å². The summed E-state index contributed by atoms with van der Waals surface area (Å²) in [6, 6.07) is 1.45. The molecule has 0 atom stereocenters. The molecule has 0 amide bonds. The molecule has 1 nitrogen and oxygen atoms in total. The fraction of sp³-hybridized carbons (Fsp3) is 0.455. The molecule has 16 heavy (non-hydrogen) atoms. The second kappa shape index (κ2) is 5.01. The lowest BCUT2D eigenvalue weighted by molar-refractivity contribution is 0.113. The zero-order chi connectivity index (χ0) is 12.3. The number of hydrogen-bond acceptors (Lipinski definition) is 1. The van der Waals surface area contributed by atoms with Crippen molar-refractivity contribution in [3.63, 3.8) is 0 Å². The van der Waals surface area contributed by atoms with Gasteiger partial charge in [-0.3, -0.25) is 0 Å². The van der Waals surface area contributed by atoms with Crippen LogP contribution in [0.2, 0.25) is 0 Å². The van der Waals surface area contributed by atoms with Gasteiger partial charge in [-0.05, 0) is 38.3 Å². The Morgan fingerprint density at radius 3 is 2.25 bits per heavy atom. The quantitative estimate of drug-likeness (QED) is 0.585. The summed E-state index contributed by atoms with van der Waals surface area (Å²) in [5.74, 6) is -2.94. The van der Waals surface area contributed by atoms with E-state index < -0.39 is 23.1 Å². The van der Waals surface area contributed by atoms with Crippen molar-refractivity contribution in [3.05, 3.63) is 35.1 Å². The first-order chi connectivity index (χ1) is 7.35. The van der Waals surface area contributed by atoms with Crippen LogP contribution in [0.1, 0.15) is 25.8 Å². The Hall–Kier alpha value is -0.813. The van der Waals surface area contributed by atoms with Crippen LogP contribution in [0, 0.1) is 17.5 Å². The average molecular weight is 245 g/mol. The Morgan fingerprint density at radius 2 is 1.69 bits per heavy atom. The largest absolute Gasteiger partial charge is 0.414 e. The van der Waals surface area contributed by atoms with Crippen LogP contribution in [0.15, 0.2) is 12.1 Å². The zero-order valence-corrected chi connectivity index (χ0v) is 10.1. The topological polar surface area (TPSA) is 9.23 Å². The Balaban J connectivity index is 2.79. The molecule has 0 unspecified atom stereocenters. The maximum Gasteiger partial charge on any atom is 0.246 e. The lowest BCUT2D eigenvalue weighted by atomic mass is 9.98. The minimum Gasteiger partial charge on any atom is -0.414 e. The lowest BCUT2D eigenvalue weighted by Gasteiger charge is -2.23. The summed E-state index contributed by atoms with van der Waals surface area (Å²) < 4.78 is 43.7. The molecule has 0 bridgehead atoms. The van der Waals surface area contributed by atoms with E-state index in [4.69, 9.17) is 4.43 Å². The Morgan fingerprint density at radius 1 is 1.12 bits per heavy atom. The molecule has 3 radical (unpaired) electrons. The van der Waals surface area contributed by atoms with E-state index in [1.54, 1.807) is 13.8 Å². The molecule has 0 spiro atoms. The minimum absolute atomic E-state index is 0.149. The van der Waals surface area contributed by atoms with E-state index in [1.807, 2.05) is 0 Å². The van der Waals surface area contributed by atoms with E-state index in [-0.39, 0.29) is 12.0 Å². The summed E-state index contributed by atoms with van der Waals surface area (Å²) in [6.45, 7) is 3.61. The molecule has 0 N–H and O–H groups in total. The van der Waals surface area contributed by atoms with Crippen LogP contribution in [0.3, 0.4) is 0 Å². The summed E-state index contributed by atoms with van der Waals surface area (Å²) in [5, 5.41) is 0. The summed E-state index contributed by atoms with van der Waals surface area (Å²) in [4.78, 5) is 0. The summed E-state index contributed by atoms with van der Waals surface area (Å²) >= 11 is 0. The van der Waals surface area contributed by atoms with Gasteiger partial charge in [-0.25, -0.2) is 13.2 Å². The number of halogens is 3. The number of hydrogen-bond donors (Lipinski definition) is 0. The minimum atomic E-state index is -1.17. The number of rotatable bonds is 4. The van der Waals surface area contributed by atoms with Crippen LogP contribution >= 0.6 is 0 Å². The van der Waals surface area contributed by atoms with Gasteiger partial charge in [0.25, 0.3) is 0 Å². The van der Waals surface area contributed by atoms with Crippen LogP contribution in [0.4, 0.5) is 13.2 Å². The molecular formula is C11H12F3OSi. The third-order valence-corrected chi connectivity index (χ3v) is 2.91. The molecule has 1 rings (SSSR count). The van der Waals surface area contributed by atoms with Crippen LogP contribution in [-0.2, 0) is 10.8 Å². The molecule has 0 aromatic heterocycles. The highest BCUT2D eigenvalue weighted by atomic mass is 28.2. The van der Waals surface area contributed by atoms with Crippen molar-refractivity contribution in [3.8, 4) is 0 Å². The van der Waals surface area contributed by atoms with E-state index in [9.17, 15) is 13.2 Å². The van der Waals surface area contributed by atoms with Gasteiger partial charge in [0.15, 0.2) is 11.6 Å². The molecule has 0 saturated carbocycles.